The predicted molar refractivity (Wildman–Crippen MR) is 113 cm³/mol. The van der Waals surface area contributed by atoms with Crippen LogP contribution in [-0.2, 0) is 13.1 Å². The maximum Gasteiger partial charge on any atom is 0.270 e. The van der Waals surface area contributed by atoms with Gasteiger partial charge in [0.1, 0.15) is 5.69 Å². The summed E-state index contributed by atoms with van der Waals surface area (Å²) < 4.78 is 29.4. The number of benzene rings is 1. The lowest BCUT2D eigenvalue weighted by molar-refractivity contribution is 0.0246. The maximum absolute atomic E-state index is 14.1. The van der Waals surface area contributed by atoms with Crippen LogP contribution in [0.1, 0.15) is 52.2 Å². The summed E-state index contributed by atoms with van der Waals surface area (Å²) in [5, 5.41) is 14.4. The number of H-pyrrole nitrogens is 1. The monoisotopic (exact) mass is 455 g/mol. The van der Waals surface area contributed by atoms with Crippen LogP contribution in [0.25, 0.3) is 10.9 Å². The Labute approximate surface area is 187 Å². The Morgan fingerprint density at radius 2 is 1.97 bits per heavy atom. The number of nitrogens with zero attached hydrogens (tertiary/aromatic N) is 4. The molecule has 4 heterocycles. The Bertz CT molecular complexity index is 1290. The van der Waals surface area contributed by atoms with Gasteiger partial charge in [0.15, 0.2) is 11.6 Å². The van der Waals surface area contributed by atoms with Crippen molar-refractivity contribution in [3.8, 4) is 0 Å². The minimum atomic E-state index is -0.993. The molecule has 1 spiro atoms. The number of halogens is 2. The molecule has 1 atom stereocenters. The molecule has 2 N–H and O–H groups in total. The maximum atomic E-state index is 14.1. The van der Waals surface area contributed by atoms with Gasteiger partial charge in [0, 0.05) is 29.5 Å². The lowest BCUT2D eigenvalue weighted by Gasteiger charge is -2.39. The van der Waals surface area contributed by atoms with E-state index in [9.17, 15) is 23.5 Å². The summed E-state index contributed by atoms with van der Waals surface area (Å²) in [6.07, 6.45) is 4.13. The largest absolute Gasteiger partial charge is 0.393 e. The van der Waals surface area contributed by atoms with Gasteiger partial charge in [0.2, 0.25) is 0 Å². The fourth-order valence-corrected chi connectivity index (χ4v) is 5.27. The van der Waals surface area contributed by atoms with Gasteiger partial charge in [-0.3, -0.25) is 14.3 Å². The van der Waals surface area contributed by atoms with Crippen LogP contribution >= 0.6 is 0 Å². The summed E-state index contributed by atoms with van der Waals surface area (Å²) in [7, 11) is 0. The smallest absolute Gasteiger partial charge is 0.270 e. The number of aliphatic hydroxyl groups is 1. The Balaban J connectivity index is 1.26. The first-order chi connectivity index (χ1) is 15.9. The van der Waals surface area contributed by atoms with Crippen LogP contribution in [0.3, 0.4) is 0 Å². The molecule has 3 aromatic rings. The van der Waals surface area contributed by atoms with Crippen molar-refractivity contribution >= 4 is 22.7 Å². The molecule has 8 nitrogen and oxygen atoms in total. The summed E-state index contributed by atoms with van der Waals surface area (Å²) >= 11 is 0. The summed E-state index contributed by atoms with van der Waals surface area (Å²) in [4.78, 5) is 32.9. The number of carbonyl (C=O) groups is 2. The molecule has 2 aliphatic heterocycles. The normalized spacial score (nSPS) is 21.5. The number of amides is 2. The van der Waals surface area contributed by atoms with E-state index in [4.69, 9.17) is 0 Å². The van der Waals surface area contributed by atoms with E-state index in [1.165, 1.54) is 12.1 Å². The fourth-order valence-electron chi connectivity index (χ4n) is 5.27. The Morgan fingerprint density at radius 1 is 1.15 bits per heavy atom. The molecular formula is C23H23F2N5O3. The third kappa shape index (κ3) is 3.15. The third-order valence-electron chi connectivity index (χ3n) is 7.26. The summed E-state index contributed by atoms with van der Waals surface area (Å²) in [6.45, 7) is 1.51. The van der Waals surface area contributed by atoms with Crippen molar-refractivity contribution in [1.82, 2.24) is 24.6 Å². The fraction of sp³-hybridized carbons (Fsp3) is 0.435. The van der Waals surface area contributed by atoms with Gasteiger partial charge < -0.3 is 19.9 Å². The summed E-state index contributed by atoms with van der Waals surface area (Å²) in [5.41, 5.74) is 1.39. The lowest BCUT2D eigenvalue weighted by atomic mass is 9.96. The predicted octanol–water partition coefficient (Wildman–Crippen LogP) is 2.43. The highest BCUT2D eigenvalue weighted by Crippen LogP contribution is 2.49. The Kier molecular flexibility index (Phi) is 4.39. The molecule has 1 saturated carbocycles. The first-order valence-electron chi connectivity index (χ1n) is 11.2. The van der Waals surface area contributed by atoms with Crippen LogP contribution in [0.4, 0.5) is 8.78 Å². The van der Waals surface area contributed by atoms with Crippen molar-refractivity contribution in [1.29, 1.82) is 0 Å². The van der Waals surface area contributed by atoms with Crippen molar-refractivity contribution in [3.63, 3.8) is 0 Å². The van der Waals surface area contributed by atoms with E-state index in [1.54, 1.807) is 15.8 Å². The van der Waals surface area contributed by atoms with E-state index in [1.807, 2.05) is 4.90 Å². The molecule has 2 fully saturated rings. The number of carbonyl (C=O) groups excluding carboxylic acids is 2. The first-order valence-corrected chi connectivity index (χ1v) is 11.2. The molecule has 10 heteroatoms. The van der Waals surface area contributed by atoms with E-state index in [0.29, 0.717) is 49.2 Å². The molecule has 1 unspecified atom stereocenters. The number of hydrogen-bond acceptors (Lipinski definition) is 4. The van der Waals surface area contributed by atoms with Crippen LogP contribution in [0, 0.1) is 11.6 Å². The molecule has 2 amide bonds. The zero-order valence-corrected chi connectivity index (χ0v) is 17.9. The molecule has 33 heavy (non-hydrogen) atoms. The molecule has 172 valence electrons. The minimum Gasteiger partial charge on any atom is -0.393 e. The second kappa shape index (κ2) is 7.11. The zero-order valence-electron chi connectivity index (χ0n) is 17.9. The first kappa shape index (κ1) is 20.3. The van der Waals surface area contributed by atoms with E-state index in [0.717, 1.165) is 18.9 Å². The van der Waals surface area contributed by atoms with E-state index >= 15 is 0 Å². The number of aromatic amines is 1. The number of piperidine rings is 1. The molecule has 1 saturated heterocycles. The van der Waals surface area contributed by atoms with Crippen molar-refractivity contribution in [3.05, 3.63) is 53.0 Å². The van der Waals surface area contributed by atoms with Crippen LogP contribution in [0.2, 0.25) is 0 Å². The summed E-state index contributed by atoms with van der Waals surface area (Å²) in [5.74, 6) is -2.42. The van der Waals surface area contributed by atoms with Gasteiger partial charge in [0.05, 0.1) is 36.6 Å². The van der Waals surface area contributed by atoms with E-state index in [-0.39, 0.29) is 41.1 Å². The molecule has 2 aromatic heterocycles. The minimum absolute atomic E-state index is 0.0262. The molecule has 1 aliphatic carbocycles. The van der Waals surface area contributed by atoms with Crippen molar-refractivity contribution in [2.45, 2.75) is 50.4 Å². The third-order valence-corrected chi connectivity index (χ3v) is 7.26. The number of nitrogens with one attached hydrogen (secondary N) is 1. The van der Waals surface area contributed by atoms with Crippen LogP contribution in [0.15, 0.2) is 24.4 Å². The highest BCUT2D eigenvalue weighted by atomic mass is 19.2. The van der Waals surface area contributed by atoms with Crippen molar-refractivity contribution in [2.24, 2.45) is 0 Å². The number of aromatic nitrogens is 3. The van der Waals surface area contributed by atoms with Crippen LogP contribution in [0.5, 0.6) is 0 Å². The van der Waals surface area contributed by atoms with Gasteiger partial charge in [-0.2, -0.15) is 5.10 Å². The van der Waals surface area contributed by atoms with E-state index in [2.05, 4.69) is 10.1 Å². The quantitative estimate of drug-likeness (QED) is 0.621. The van der Waals surface area contributed by atoms with Gasteiger partial charge in [-0.1, -0.05) is 0 Å². The SMILES string of the molecule is O=C(c1cc2c(F)c(F)ccc2[nH]1)N1CCn2ncc(C(=O)N3CCC(O)CC34CC4)c2C1. The van der Waals surface area contributed by atoms with Crippen molar-refractivity contribution < 1.29 is 23.5 Å². The second-order valence-corrected chi connectivity index (χ2v) is 9.29. The number of fused-ring (bicyclic) bond motifs is 2. The highest BCUT2D eigenvalue weighted by Gasteiger charge is 2.53. The average molecular weight is 455 g/mol. The number of rotatable bonds is 2. The van der Waals surface area contributed by atoms with Crippen LogP contribution < -0.4 is 0 Å². The number of likely N-dealkylation sites (tertiary alicyclic amines) is 1. The van der Waals surface area contributed by atoms with Gasteiger partial charge in [-0.25, -0.2) is 8.78 Å². The van der Waals surface area contributed by atoms with Gasteiger partial charge in [0.25, 0.3) is 11.8 Å². The van der Waals surface area contributed by atoms with Crippen LogP contribution in [-0.4, -0.2) is 66.2 Å². The molecule has 3 aliphatic rings. The van der Waals surface area contributed by atoms with E-state index < -0.39 is 11.6 Å². The second-order valence-electron chi connectivity index (χ2n) is 9.29. The molecular weight excluding hydrogens is 432 g/mol. The Morgan fingerprint density at radius 3 is 2.76 bits per heavy atom. The molecule has 0 radical (unpaired) electrons. The molecule has 0 bridgehead atoms. The highest BCUT2D eigenvalue weighted by molar-refractivity contribution is 5.99. The van der Waals surface area contributed by atoms with Gasteiger partial charge in [-0.15, -0.1) is 0 Å². The topological polar surface area (TPSA) is 94.5 Å². The summed E-state index contributed by atoms with van der Waals surface area (Å²) in [6, 6.07) is 3.74. The number of hydrogen-bond donors (Lipinski definition) is 2. The lowest BCUT2D eigenvalue weighted by Crippen LogP contribution is -2.49. The van der Waals surface area contributed by atoms with Gasteiger partial charge >= 0.3 is 0 Å². The van der Waals surface area contributed by atoms with Crippen molar-refractivity contribution in [2.75, 3.05) is 13.1 Å². The molecule has 1 aromatic carbocycles. The van der Waals surface area contributed by atoms with Gasteiger partial charge in [-0.05, 0) is 43.9 Å². The number of aliphatic hydroxyl groups excluding tert-OH is 1. The zero-order chi connectivity index (χ0) is 22.9. The molecule has 6 rings (SSSR count). The Hall–Kier alpha value is -3.27. The standard InChI is InChI=1S/C23H23F2N5O3/c24-16-1-2-17-14(20(16)25)9-18(27-17)22(33)28-7-8-30-19(12-28)15(11-26-30)21(32)29-6-3-13(31)10-23(29)4-5-23/h1-2,9,11,13,27,31H,3-8,10,12H2. The average Bonchev–Trinajstić information content (AvgIpc) is 3.24.